The number of fused-ring (bicyclic) bond motifs is 1. The summed E-state index contributed by atoms with van der Waals surface area (Å²) in [5.74, 6) is 0.611. The second kappa shape index (κ2) is 4.22. The monoisotopic (exact) mass is 265 g/mol. The molecule has 2 rings (SSSR count). The van der Waals surface area contributed by atoms with Crippen LogP contribution in [0.15, 0.2) is 0 Å². The van der Waals surface area contributed by atoms with Crippen molar-refractivity contribution in [2.75, 3.05) is 18.1 Å². The SMILES string of the molecule is CCCCN1C(=S)SC2CS(=O)(=O)CC21. The molecule has 0 saturated carbocycles. The molecule has 2 unspecified atom stereocenters. The molecule has 0 aromatic carbocycles. The number of nitrogens with zero attached hydrogens (tertiary/aromatic N) is 1. The van der Waals surface area contributed by atoms with E-state index in [4.69, 9.17) is 12.2 Å². The Morgan fingerprint density at radius 3 is 2.93 bits per heavy atom. The average Bonchev–Trinajstić information content (AvgIpc) is 2.54. The first-order valence-corrected chi connectivity index (χ1v) is 8.32. The summed E-state index contributed by atoms with van der Waals surface area (Å²) in [4.78, 5) is 2.12. The summed E-state index contributed by atoms with van der Waals surface area (Å²) in [6, 6.07) is 0.152. The van der Waals surface area contributed by atoms with Crippen molar-refractivity contribution < 1.29 is 8.42 Å². The smallest absolute Gasteiger partial charge is 0.153 e. The third kappa shape index (κ3) is 2.31. The summed E-state index contributed by atoms with van der Waals surface area (Å²) in [7, 11) is -2.81. The van der Waals surface area contributed by atoms with Crippen molar-refractivity contribution in [1.29, 1.82) is 0 Å². The largest absolute Gasteiger partial charge is 0.352 e. The molecule has 86 valence electrons. The van der Waals surface area contributed by atoms with Gasteiger partial charge >= 0.3 is 0 Å². The van der Waals surface area contributed by atoms with Crippen molar-refractivity contribution in [2.24, 2.45) is 0 Å². The fourth-order valence-electron chi connectivity index (χ4n) is 2.12. The molecule has 0 aromatic heterocycles. The molecule has 15 heavy (non-hydrogen) atoms. The minimum Gasteiger partial charge on any atom is -0.352 e. The molecule has 2 aliphatic rings. The van der Waals surface area contributed by atoms with Gasteiger partial charge in [-0.05, 0) is 6.42 Å². The van der Waals surface area contributed by atoms with Crippen LogP contribution >= 0.6 is 24.0 Å². The molecule has 2 fully saturated rings. The summed E-state index contributed by atoms with van der Waals surface area (Å²) in [6.45, 7) is 3.05. The Morgan fingerprint density at radius 2 is 2.27 bits per heavy atom. The molecule has 2 atom stereocenters. The predicted octanol–water partition coefficient (Wildman–Crippen LogP) is 1.29. The molecule has 0 amide bonds. The van der Waals surface area contributed by atoms with Gasteiger partial charge in [-0.15, -0.1) is 0 Å². The summed E-state index contributed by atoms with van der Waals surface area (Å²) >= 11 is 6.85. The summed E-state index contributed by atoms with van der Waals surface area (Å²) in [5.41, 5.74) is 0. The van der Waals surface area contributed by atoms with Crippen molar-refractivity contribution in [3.63, 3.8) is 0 Å². The lowest BCUT2D eigenvalue weighted by Crippen LogP contribution is -2.37. The number of thiocarbonyl (C=S) groups is 1. The molecule has 2 heterocycles. The highest BCUT2D eigenvalue weighted by Crippen LogP contribution is 2.38. The lowest BCUT2D eigenvalue weighted by Gasteiger charge is -2.23. The van der Waals surface area contributed by atoms with Crippen molar-refractivity contribution in [3.8, 4) is 0 Å². The topological polar surface area (TPSA) is 37.4 Å². The molecular formula is C9H15NO2S3. The van der Waals surface area contributed by atoms with Gasteiger partial charge in [0.15, 0.2) is 9.84 Å². The number of hydrogen-bond acceptors (Lipinski definition) is 4. The first-order valence-electron chi connectivity index (χ1n) is 5.21. The van der Waals surface area contributed by atoms with Crippen LogP contribution < -0.4 is 0 Å². The molecule has 0 N–H and O–H groups in total. The van der Waals surface area contributed by atoms with Crippen molar-refractivity contribution in [3.05, 3.63) is 0 Å². The Morgan fingerprint density at radius 1 is 1.53 bits per heavy atom. The lowest BCUT2D eigenvalue weighted by molar-refractivity contribution is 0.355. The summed E-state index contributed by atoms with van der Waals surface area (Å²) in [5, 5.41) is 0.194. The average molecular weight is 265 g/mol. The van der Waals surface area contributed by atoms with E-state index in [-0.39, 0.29) is 11.3 Å². The molecule has 2 aliphatic heterocycles. The highest BCUT2D eigenvalue weighted by molar-refractivity contribution is 8.24. The van der Waals surface area contributed by atoms with Gasteiger partial charge in [-0.1, -0.05) is 37.3 Å². The van der Waals surface area contributed by atoms with E-state index < -0.39 is 9.84 Å². The van der Waals surface area contributed by atoms with Gasteiger partial charge in [0.1, 0.15) is 4.32 Å². The highest BCUT2D eigenvalue weighted by Gasteiger charge is 2.47. The van der Waals surface area contributed by atoms with E-state index in [1.807, 2.05) is 0 Å². The van der Waals surface area contributed by atoms with Crippen molar-refractivity contribution in [2.45, 2.75) is 31.1 Å². The second-order valence-electron chi connectivity index (χ2n) is 4.11. The molecule has 0 bridgehead atoms. The maximum absolute atomic E-state index is 11.5. The van der Waals surface area contributed by atoms with Gasteiger partial charge in [0.2, 0.25) is 0 Å². The van der Waals surface area contributed by atoms with Crippen LogP contribution in [0.2, 0.25) is 0 Å². The minimum absolute atomic E-state index is 0.152. The minimum atomic E-state index is -2.81. The van der Waals surface area contributed by atoms with Crippen LogP contribution in [0, 0.1) is 0 Å². The first kappa shape index (κ1) is 11.7. The molecule has 3 nitrogen and oxygen atoms in total. The van der Waals surface area contributed by atoms with Crippen LogP contribution in [0.1, 0.15) is 19.8 Å². The molecule has 2 saturated heterocycles. The van der Waals surface area contributed by atoms with E-state index in [0.29, 0.717) is 11.5 Å². The van der Waals surface area contributed by atoms with Gasteiger partial charge in [-0.2, -0.15) is 0 Å². The third-order valence-corrected chi connectivity index (χ3v) is 6.58. The van der Waals surface area contributed by atoms with Crippen molar-refractivity contribution >= 4 is 38.1 Å². The molecular weight excluding hydrogens is 250 g/mol. The Hall–Kier alpha value is 0.190. The number of rotatable bonds is 3. The van der Waals surface area contributed by atoms with Gasteiger partial charge in [-0.3, -0.25) is 0 Å². The zero-order valence-electron chi connectivity index (χ0n) is 8.68. The fourth-order valence-corrected chi connectivity index (χ4v) is 6.54. The van der Waals surface area contributed by atoms with E-state index in [0.717, 1.165) is 23.7 Å². The zero-order valence-corrected chi connectivity index (χ0v) is 11.1. The maximum atomic E-state index is 11.5. The van der Waals surface area contributed by atoms with Crippen LogP contribution in [0.3, 0.4) is 0 Å². The van der Waals surface area contributed by atoms with E-state index in [9.17, 15) is 8.42 Å². The van der Waals surface area contributed by atoms with Crippen LogP contribution in [-0.4, -0.2) is 47.0 Å². The number of thioether (sulfide) groups is 1. The molecule has 0 aromatic rings. The molecule has 6 heteroatoms. The quantitative estimate of drug-likeness (QED) is 0.719. The zero-order chi connectivity index (χ0) is 11.1. The Kier molecular flexibility index (Phi) is 3.28. The fraction of sp³-hybridized carbons (Fsp3) is 0.889. The first-order chi connectivity index (χ1) is 7.03. The molecule has 0 spiro atoms. The third-order valence-electron chi connectivity index (χ3n) is 2.91. The van der Waals surface area contributed by atoms with Crippen LogP contribution in [0.4, 0.5) is 0 Å². The van der Waals surface area contributed by atoms with Crippen LogP contribution in [0.5, 0.6) is 0 Å². The highest BCUT2D eigenvalue weighted by atomic mass is 32.2. The van der Waals surface area contributed by atoms with Gasteiger partial charge < -0.3 is 4.90 Å². The summed E-state index contributed by atoms with van der Waals surface area (Å²) < 4.78 is 23.9. The molecule has 0 radical (unpaired) electrons. The number of unbranched alkanes of at least 4 members (excludes halogenated alkanes) is 1. The number of hydrogen-bond donors (Lipinski definition) is 0. The summed E-state index contributed by atoms with van der Waals surface area (Å²) in [6.07, 6.45) is 2.21. The number of sulfone groups is 1. The van der Waals surface area contributed by atoms with Gasteiger partial charge in [0, 0.05) is 11.8 Å². The normalized spacial score (nSPS) is 33.4. The Balaban J connectivity index is 2.09. The maximum Gasteiger partial charge on any atom is 0.153 e. The van der Waals surface area contributed by atoms with E-state index >= 15 is 0 Å². The van der Waals surface area contributed by atoms with E-state index in [2.05, 4.69) is 11.8 Å². The van der Waals surface area contributed by atoms with Gasteiger partial charge in [0.05, 0.1) is 17.5 Å². The lowest BCUT2D eigenvalue weighted by atomic mass is 10.2. The van der Waals surface area contributed by atoms with Crippen LogP contribution in [0.25, 0.3) is 0 Å². The molecule has 0 aliphatic carbocycles. The van der Waals surface area contributed by atoms with Crippen LogP contribution in [-0.2, 0) is 9.84 Å². The Labute approximate surface area is 101 Å². The van der Waals surface area contributed by atoms with Gasteiger partial charge in [-0.25, -0.2) is 8.42 Å². The van der Waals surface area contributed by atoms with Crippen molar-refractivity contribution in [1.82, 2.24) is 4.90 Å². The van der Waals surface area contributed by atoms with Gasteiger partial charge in [0.25, 0.3) is 0 Å². The standard InChI is InChI=1S/C9H15NO2S3/c1-2-3-4-10-7-5-15(11,12)6-8(7)14-9(10)13/h7-8H,2-6H2,1H3. The Bertz CT molecular complexity index is 366. The van der Waals surface area contributed by atoms with E-state index in [1.54, 1.807) is 11.8 Å². The van der Waals surface area contributed by atoms with E-state index in [1.165, 1.54) is 0 Å². The second-order valence-corrected chi connectivity index (χ2v) is 8.14. The predicted molar refractivity (Wildman–Crippen MR) is 68.0 cm³/mol.